The summed E-state index contributed by atoms with van der Waals surface area (Å²) in [5, 5.41) is 5.56. The van der Waals surface area contributed by atoms with Crippen LogP contribution in [-0.4, -0.2) is 12.5 Å². The standard InChI is InChI=1S/C14H18N4/c1-2-10-16-14(18-15)17-13-9-5-7-11-6-3-4-8-12(11)13/h3-9H,2,10,15H2,1H3,(H2,16,17,18). The predicted molar refractivity (Wildman–Crippen MR) is 77.5 cm³/mol. The number of hydrazine groups is 1. The highest BCUT2D eigenvalue weighted by molar-refractivity contribution is 6.03. The van der Waals surface area contributed by atoms with E-state index in [-0.39, 0.29) is 0 Å². The van der Waals surface area contributed by atoms with Gasteiger partial charge in [-0.1, -0.05) is 43.3 Å². The third-order valence-electron chi connectivity index (χ3n) is 2.67. The summed E-state index contributed by atoms with van der Waals surface area (Å²) in [6.07, 6.45) is 0.988. The van der Waals surface area contributed by atoms with Gasteiger partial charge in [-0.15, -0.1) is 0 Å². The number of fused-ring (bicyclic) bond motifs is 1. The van der Waals surface area contributed by atoms with Crippen molar-refractivity contribution in [3.63, 3.8) is 0 Å². The fourth-order valence-electron chi connectivity index (χ4n) is 1.81. The monoisotopic (exact) mass is 242 g/mol. The van der Waals surface area contributed by atoms with E-state index in [1.54, 1.807) is 0 Å². The van der Waals surface area contributed by atoms with Crippen molar-refractivity contribution in [1.82, 2.24) is 5.43 Å². The van der Waals surface area contributed by atoms with E-state index in [4.69, 9.17) is 5.84 Å². The van der Waals surface area contributed by atoms with Crippen molar-refractivity contribution in [1.29, 1.82) is 0 Å². The summed E-state index contributed by atoms with van der Waals surface area (Å²) in [6, 6.07) is 14.3. The molecule has 2 rings (SSSR count). The van der Waals surface area contributed by atoms with Crippen molar-refractivity contribution in [3.8, 4) is 0 Å². The van der Waals surface area contributed by atoms with Gasteiger partial charge in [0, 0.05) is 17.6 Å². The zero-order chi connectivity index (χ0) is 12.8. The molecular formula is C14H18N4. The van der Waals surface area contributed by atoms with Crippen molar-refractivity contribution in [2.24, 2.45) is 10.8 Å². The molecule has 94 valence electrons. The summed E-state index contributed by atoms with van der Waals surface area (Å²) in [5.74, 6) is 6.05. The van der Waals surface area contributed by atoms with Crippen LogP contribution in [0.1, 0.15) is 13.3 Å². The largest absolute Gasteiger partial charge is 0.325 e. The molecule has 0 aliphatic carbocycles. The normalized spacial score (nSPS) is 11.6. The van der Waals surface area contributed by atoms with Crippen LogP contribution in [0, 0.1) is 0 Å². The van der Waals surface area contributed by atoms with E-state index in [1.165, 1.54) is 5.39 Å². The lowest BCUT2D eigenvalue weighted by Gasteiger charge is -2.11. The van der Waals surface area contributed by atoms with Gasteiger partial charge in [-0.3, -0.25) is 10.4 Å². The molecule has 0 spiro atoms. The maximum atomic E-state index is 5.46. The zero-order valence-electron chi connectivity index (χ0n) is 10.5. The number of hydrogen-bond donors (Lipinski definition) is 3. The molecule has 2 aromatic carbocycles. The first-order valence-corrected chi connectivity index (χ1v) is 6.11. The van der Waals surface area contributed by atoms with E-state index in [2.05, 4.69) is 40.9 Å². The van der Waals surface area contributed by atoms with Gasteiger partial charge in [0.15, 0.2) is 0 Å². The molecule has 0 bridgehead atoms. The Morgan fingerprint density at radius 1 is 1.17 bits per heavy atom. The summed E-state index contributed by atoms with van der Waals surface area (Å²) >= 11 is 0. The summed E-state index contributed by atoms with van der Waals surface area (Å²) in [5.41, 5.74) is 3.59. The Balaban J connectivity index is 2.31. The van der Waals surface area contributed by atoms with Crippen LogP contribution in [0.3, 0.4) is 0 Å². The number of rotatable bonds is 3. The average Bonchev–Trinajstić information content (AvgIpc) is 2.43. The quantitative estimate of drug-likeness (QED) is 0.335. The van der Waals surface area contributed by atoms with Gasteiger partial charge in [0.25, 0.3) is 0 Å². The van der Waals surface area contributed by atoms with Crippen LogP contribution in [0.4, 0.5) is 5.69 Å². The van der Waals surface area contributed by atoms with Gasteiger partial charge in [0.05, 0.1) is 0 Å². The van der Waals surface area contributed by atoms with E-state index in [0.29, 0.717) is 5.96 Å². The molecule has 0 saturated carbocycles. The van der Waals surface area contributed by atoms with E-state index >= 15 is 0 Å². The summed E-state index contributed by atoms with van der Waals surface area (Å²) in [6.45, 7) is 2.83. The Morgan fingerprint density at radius 2 is 1.94 bits per heavy atom. The SMILES string of the molecule is CCCN=C(NN)Nc1cccc2ccccc12. The van der Waals surface area contributed by atoms with Crippen LogP contribution in [-0.2, 0) is 0 Å². The first-order valence-electron chi connectivity index (χ1n) is 6.11. The van der Waals surface area contributed by atoms with Crippen molar-refractivity contribution in [2.45, 2.75) is 13.3 Å². The Bertz CT molecular complexity index is 543. The van der Waals surface area contributed by atoms with Crippen LogP contribution >= 0.6 is 0 Å². The van der Waals surface area contributed by atoms with Crippen LogP contribution in [0.5, 0.6) is 0 Å². The third kappa shape index (κ3) is 2.78. The van der Waals surface area contributed by atoms with Gasteiger partial charge in [0.2, 0.25) is 5.96 Å². The Hall–Kier alpha value is -2.07. The Labute approximate surface area is 107 Å². The van der Waals surface area contributed by atoms with Gasteiger partial charge in [-0.2, -0.15) is 0 Å². The topological polar surface area (TPSA) is 62.4 Å². The summed E-state index contributed by atoms with van der Waals surface area (Å²) < 4.78 is 0. The van der Waals surface area contributed by atoms with Gasteiger partial charge in [-0.05, 0) is 17.9 Å². The fourth-order valence-corrected chi connectivity index (χ4v) is 1.81. The Kier molecular flexibility index (Phi) is 4.15. The number of aliphatic imine (C=N–C) groups is 1. The van der Waals surface area contributed by atoms with E-state index in [0.717, 1.165) is 24.0 Å². The first kappa shape index (κ1) is 12.4. The lowest BCUT2D eigenvalue weighted by molar-refractivity contribution is 0.905. The smallest absolute Gasteiger partial charge is 0.210 e. The lowest BCUT2D eigenvalue weighted by Crippen LogP contribution is -2.36. The van der Waals surface area contributed by atoms with Crippen molar-refractivity contribution in [2.75, 3.05) is 11.9 Å². The van der Waals surface area contributed by atoms with Crippen LogP contribution in [0.2, 0.25) is 0 Å². The third-order valence-corrected chi connectivity index (χ3v) is 2.67. The second kappa shape index (κ2) is 6.02. The average molecular weight is 242 g/mol. The number of nitrogens with one attached hydrogen (secondary N) is 2. The maximum Gasteiger partial charge on any atom is 0.210 e. The molecule has 4 heteroatoms. The number of anilines is 1. The van der Waals surface area contributed by atoms with Crippen LogP contribution < -0.4 is 16.6 Å². The first-order chi connectivity index (χ1) is 8.85. The van der Waals surface area contributed by atoms with Crippen molar-refractivity contribution >= 4 is 22.4 Å². The molecule has 0 atom stereocenters. The Morgan fingerprint density at radius 3 is 2.72 bits per heavy atom. The predicted octanol–water partition coefficient (Wildman–Crippen LogP) is 2.48. The second-order valence-corrected chi connectivity index (χ2v) is 4.03. The maximum absolute atomic E-state index is 5.46. The van der Waals surface area contributed by atoms with E-state index in [9.17, 15) is 0 Å². The molecule has 0 saturated heterocycles. The molecule has 0 aromatic heterocycles. The van der Waals surface area contributed by atoms with Gasteiger partial charge in [-0.25, -0.2) is 5.84 Å². The van der Waals surface area contributed by atoms with Gasteiger partial charge >= 0.3 is 0 Å². The molecule has 0 fully saturated rings. The molecule has 4 N–H and O–H groups in total. The number of nitrogens with zero attached hydrogens (tertiary/aromatic N) is 1. The minimum atomic E-state index is 0.591. The second-order valence-electron chi connectivity index (χ2n) is 4.03. The minimum Gasteiger partial charge on any atom is -0.325 e. The fraction of sp³-hybridized carbons (Fsp3) is 0.214. The summed E-state index contributed by atoms with van der Waals surface area (Å²) in [7, 11) is 0. The number of nitrogens with two attached hydrogens (primary N) is 1. The van der Waals surface area contributed by atoms with E-state index < -0.39 is 0 Å². The highest BCUT2D eigenvalue weighted by Crippen LogP contribution is 2.22. The highest BCUT2D eigenvalue weighted by atomic mass is 15.3. The zero-order valence-corrected chi connectivity index (χ0v) is 10.5. The summed E-state index contributed by atoms with van der Waals surface area (Å²) in [4.78, 5) is 4.33. The molecule has 0 aliphatic heterocycles. The molecule has 0 radical (unpaired) electrons. The van der Waals surface area contributed by atoms with Crippen molar-refractivity contribution in [3.05, 3.63) is 42.5 Å². The minimum absolute atomic E-state index is 0.591. The van der Waals surface area contributed by atoms with Crippen molar-refractivity contribution < 1.29 is 0 Å². The molecule has 0 amide bonds. The number of guanidine groups is 1. The van der Waals surface area contributed by atoms with Gasteiger partial charge in [0.1, 0.15) is 0 Å². The molecule has 2 aromatic rings. The lowest BCUT2D eigenvalue weighted by atomic mass is 10.1. The number of hydrogen-bond acceptors (Lipinski definition) is 2. The number of benzene rings is 2. The van der Waals surface area contributed by atoms with Gasteiger partial charge < -0.3 is 5.32 Å². The molecule has 0 unspecified atom stereocenters. The van der Waals surface area contributed by atoms with Crippen LogP contribution in [0.25, 0.3) is 10.8 Å². The highest BCUT2D eigenvalue weighted by Gasteiger charge is 2.02. The van der Waals surface area contributed by atoms with E-state index in [1.807, 2.05) is 24.3 Å². The van der Waals surface area contributed by atoms with Crippen LogP contribution in [0.15, 0.2) is 47.5 Å². The molecule has 4 nitrogen and oxygen atoms in total. The molecule has 18 heavy (non-hydrogen) atoms. The molecule has 0 heterocycles. The molecular weight excluding hydrogens is 224 g/mol. The molecule has 0 aliphatic rings.